The maximum atomic E-state index is 11.5. The second-order valence-electron chi connectivity index (χ2n) is 7.82. The minimum atomic E-state index is -0.677. The average Bonchev–Trinajstić information content (AvgIpc) is 2.74. The molecule has 0 saturated heterocycles. The molecule has 148 valence electrons. The second-order valence-corrected chi connectivity index (χ2v) is 7.82. The first kappa shape index (κ1) is 19.5. The minimum Gasteiger partial charge on any atom is -0.494 e. The Hall–Kier alpha value is -2.84. The van der Waals surface area contributed by atoms with Crippen molar-refractivity contribution in [1.82, 2.24) is 0 Å². The lowest BCUT2D eigenvalue weighted by Crippen LogP contribution is -2.11. The Morgan fingerprint density at radius 1 is 0.862 bits per heavy atom. The molecule has 1 aliphatic rings. The summed E-state index contributed by atoms with van der Waals surface area (Å²) >= 11 is 0. The van der Waals surface area contributed by atoms with Crippen molar-refractivity contribution < 1.29 is 9.84 Å². The fraction of sp³-hybridized carbons (Fsp3) is 0.259. The van der Waals surface area contributed by atoms with Crippen LogP contribution < -0.4 is 4.74 Å². The number of aliphatic hydroxyl groups is 1. The van der Waals surface area contributed by atoms with Crippen molar-refractivity contribution in [2.75, 3.05) is 6.61 Å². The molecule has 1 atom stereocenters. The van der Waals surface area contributed by atoms with Gasteiger partial charge in [-0.25, -0.2) is 0 Å². The molecule has 3 aromatic carbocycles. The first-order valence-corrected chi connectivity index (χ1v) is 10.4. The number of fused-ring (bicyclic) bond motifs is 1. The molecule has 0 saturated carbocycles. The van der Waals surface area contributed by atoms with Crippen molar-refractivity contribution in [3.63, 3.8) is 0 Å². The number of ether oxygens (including phenoxy) is 1. The predicted octanol–water partition coefficient (Wildman–Crippen LogP) is 6.29. The van der Waals surface area contributed by atoms with Crippen molar-refractivity contribution in [1.29, 1.82) is 0 Å². The molecule has 3 aromatic rings. The van der Waals surface area contributed by atoms with Gasteiger partial charge in [-0.05, 0) is 79.1 Å². The van der Waals surface area contributed by atoms with E-state index >= 15 is 0 Å². The fourth-order valence-corrected chi connectivity index (χ4v) is 4.20. The molecule has 29 heavy (non-hydrogen) atoms. The van der Waals surface area contributed by atoms with Crippen molar-refractivity contribution in [3.05, 3.63) is 100 Å². The van der Waals surface area contributed by atoms with E-state index in [1.54, 1.807) is 0 Å². The van der Waals surface area contributed by atoms with Crippen molar-refractivity contribution >= 4 is 11.1 Å². The van der Waals surface area contributed by atoms with Crippen LogP contribution in [0.4, 0.5) is 0 Å². The Morgan fingerprint density at radius 2 is 1.55 bits per heavy atom. The van der Waals surface area contributed by atoms with Gasteiger partial charge in [0.2, 0.25) is 0 Å². The fourth-order valence-electron chi connectivity index (χ4n) is 4.20. The summed E-state index contributed by atoms with van der Waals surface area (Å²) in [6.07, 6.45) is 1.26. The van der Waals surface area contributed by atoms with E-state index < -0.39 is 6.10 Å². The average molecular weight is 385 g/mol. The van der Waals surface area contributed by atoms with Crippen LogP contribution in [0.25, 0.3) is 11.1 Å². The Morgan fingerprint density at radius 3 is 2.24 bits per heavy atom. The van der Waals surface area contributed by atoms with E-state index in [0.717, 1.165) is 29.7 Å². The van der Waals surface area contributed by atoms with Gasteiger partial charge in [-0.15, -0.1) is 0 Å². The molecule has 1 aliphatic carbocycles. The van der Waals surface area contributed by atoms with Crippen LogP contribution in [0.2, 0.25) is 0 Å². The molecule has 0 fully saturated rings. The molecule has 1 unspecified atom stereocenters. The molecule has 0 spiro atoms. The smallest absolute Gasteiger partial charge is 0.119 e. The van der Waals surface area contributed by atoms with Crippen LogP contribution in [-0.2, 0) is 6.42 Å². The number of aryl methyl sites for hydroxylation is 3. The summed E-state index contributed by atoms with van der Waals surface area (Å²) in [6, 6.07) is 23.0. The van der Waals surface area contributed by atoms with Gasteiger partial charge in [0.1, 0.15) is 11.9 Å². The number of aliphatic hydroxyl groups excluding tert-OH is 1. The number of hydrogen-bond donors (Lipinski definition) is 1. The summed E-state index contributed by atoms with van der Waals surface area (Å²) in [5.41, 5.74) is 9.34. The molecule has 0 bridgehead atoms. The third kappa shape index (κ3) is 3.99. The SMILES string of the molecule is CCOc1ccc(C(O)C2=C(c3ccc(C)cc3)CCc3cc(C)ccc32)cc1. The molecular formula is C27H28O2. The van der Waals surface area contributed by atoms with Gasteiger partial charge in [0.05, 0.1) is 6.61 Å². The molecule has 0 heterocycles. The highest BCUT2D eigenvalue weighted by Gasteiger charge is 2.26. The van der Waals surface area contributed by atoms with Crippen molar-refractivity contribution in [3.8, 4) is 5.75 Å². The van der Waals surface area contributed by atoms with Gasteiger partial charge in [-0.2, -0.15) is 0 Å². The van der Waals surface area contributed by atoms with Gasteiger partial charge < -0.3 is 9.84 Å². The van der Waals surface area contributed by atoms with Crippen molar-refractivity contribution in [2.24, 2.45) is 0 Å². The molecule has 0 aromatic heterocycles. The third-order valence-corrected chi connectivity index (χ3v) is 5.70. The number of rotatable bonds is 5. The summed E-state index contributed by atoms with van der Waals surface area (Å²) in [6.45, 7) is 6.84. The van der Waals surface area contributed by atoms with Crippen LogP contribution >= 0.6 is 0 Å². The highest BCUT2D eigenvalue weighted by Crippen LogP contribution is 2.44. The van der Waals surface area contributed by atoms with Crippen LogP contribution in [0.5, 0.6) is 5.75 Å². The maximum absolute atomic E-state index is 11.5. The van der Waals surface area contributed by atoms with Gasteiger partial charge in [-0.1, -0.05) is 65.7 Å². The first-order chi connectivity index (χ1) is 14.1. The normalized spacial score (nSPS) is 14.5. The molecule has 2 heteroatoms. The predicted molar refractivity (Wildman–Crippen MR) is 120 cm³/mol. The van der Waals surface area contributed by atoms with Gasteiger partial charge in [0.15, 0.2) is 0 Å². The Labute approximate surface area is 173 Å². The molecule has 1 N–H and O–H groups in total. The monoisotopic (exact) mass is 384 g/mol. The lowest BCUT2D eigenvalue weighted by Gasteiger charge is -2.28. The zero-order valence-electron chi connectivity index (χ0n) is 17.4. The molecule has 2 nitrogen and oxygen atoms in total. The molecule has 0 radical (unpaired) electrons. The van der Waals surface area contributed by atoms with Crippen molar-refractivity contribution in [2.45, 2.75) is 39.7 Å². The van der Waals surface area contributed by atoms with E-state index in [0.29, 0.717) is 6.61 Å². The highest BCUT2D eigenvalue weighted by atomic mass is 16.5. The largest absolute Gasteiger partial charge is 0.494 e. The third-order valence-electron chi connectivity index (χ3n) is 5.70. The van der Waals surface area contributed by atoms with Gasteiger partial charge in [0, 0.05) is 0 Å². The van der Waals surface area contributed by atoms with E-state index in [4.69, 9.17) is 4.74 Å². The minimum absolute atomic E-state index is 0.636. The zero-order chi connectivity index (χ0) is 20.4. The standard InChI is InChI=1S/C27H28O2/c1-4-29-23-13-10-21(11-14-23)27(28)26-24(20-8-5-18(2)6-9-20)16-12-22-17-19(3)7-15-25(22)26/h5-11,13-15,17,27-28H,4,12,16H2,1-3H3. The Bertz CT molecular complexity index is 1030. The van der Waals surface area contributed by atoms with Gasteiger partial charge in [0.25, 0.3) is 0 Å². The number of hydrogen-bond acceptors (Lipinski definition) is 2. The summed E-state index contributed by atoms with van der Waals surface area (Å²) < 4.78 is 5.56. The lowest BCUT2D eigenvalue weighted by atomic mass is 9.78. The zero-order valence-corrected chi connectivity index (χ0v) is 17.4. The molecule has 4 rings (SSSR count). The Kier molecular flexibility index (Phi) is 5.55. The van der Waals surface area contributed by atoms with E-state index in [-0.39, 0.29) is 0 Å². The van der Waals surface area contributed by atoms with Crippen LogP contribution in [-0.4, -0.2) is 11.7 Å². The first-order valence-electron chi connectivity index (χ1n) is 10.4. The quantitative estimate of drug-likeness (QED) is 0.560. The van der Waals surface area contributed by atoms with E-state index in [1.807, 2.05) is 31.2 Å². The van der Waals surface area contributed by atoms with Crippen LogP contribution in [0.3, 0.4) is 0 Å². The Balaban J connectivity index is 1.84. The van der Waals surface area contributed by atoms with Crippen LogP contribution in [0.15, 0.2) is 66.7 Å². The number of benzene rings is 3. The lowest BCUT2D eigenvalue weighted by molar-refractivity contribution is 0.238. The second kappa shape index (κ2) is 8.26. The summed E-state index contributed by atoms with van der Waals surface area (Å²) in [7, 11) is 0. The summed E-state index contributed by atoms with van der Waals surface area (Å²) in [5.74, 6) is 0.829. The molecular weight excluding hydrogens is 356 g/mol. The van der Waals surface area contributed by atoms with Crippen LogP contribution in [0.1, 0.15) is 52.8 Å². The summed E-state index contributed by atoms with van der Waals surface area (Å²) in [5, 5.41) is 11.5. The molecule has 0 amide bonds. The topological polar surface area (TPSA) is 29.5 Å². The van der Waals surface area contributed by atoms with E-state index in [2.05, 4.69) is 56.3 Å². The highest BCUT2D eigenvalue weighted by molar-refractivity contribution is 5.95. The van der Waals surface area contributed by atoms with E-state index in [1.165, 1.54) is 33.4 Å². The maximum Gasteiger partial charge on any atom is 0.119 e. The summed E-state index contributed by atoms with van der Waals surface area (Å²) in [4.78, 5) is 0. The number of allylic oxidation sites excluding steroid dienone is 1. The van der Waals surface area contributed by atoms with Gasteiger partial charge in [-0.3, -0.25) is 0 Å². The van der Waals surface area contributed by atoms with E-state index in [9.17, 15) is 5.11 Å². The van der Waals surface area contributed by atoms with Gasteiger partial charge >= 0.3 is 0 Å². The molecule has 0 aliphatic heterocycles. The van der Waals surface area contributed by atoms with Crippen LogP contribution in [0, 0.1) is 13.8 Å².